The first-order valence-electron chi connectivity index (χ1n) is 7.07. The average Bonchev–Trinajstić information content (AvgIpc) is 2.91. The third-order valence-electron chi connectivity index (χ3n) is 3.78. The van der Waals surface area contributed by atoms with Crippen molar-refractivity contribution >= 4 is 16.6 Å². The van der Waals surface area contributed by atoms with Crippen LogP contribution in [0.1, 0.15) is 31.0 Å². The summed E-state index contributed by atoms with van der Waals surface area (Å²) >= 11 is 0. The smallest absolute Gasteiger partial charge is 0.145 e. The number of aryl methyl sites for hydroxylation is 1. The summed E-state index contributed by atoms with van der Waals surface area (Å²) in [7, 11) is 1.71. The van der Waals surface area contributed by atoms with E-state index in [1.54, 1.807) is 7.11 Å². The summed E-state index contributed by atoms with van der Waals surface area (Å²) in [4.78, 5) is 4.83. The van der Waals surface area contributed by atoms with Crippen molar-refractivity contribution in [3.8, 4) is 5.75 Å². The standard InChI is InChI=1S/C16H20N2O/c1-3-10-17-15-11-6-4-8-13(11)18-16-12(15)7-5-9-14(16)19-2/h5,7,9H,3-4,6,8,10H2,1-2H3,(H,17,18). The molecule has 1 aliphatic rings. The molecule has 1 aliphatic carbocycles. The van der Waals surface area contributed by atoms with Gasteiger partial charge in [0.05, 0.1) is 7.11 Å². The maximum Gasteiger partial charge on any atom is 0.145 e. The van der Waals surface area contributed by atoms with Crippen LogP contribution in [-0.2, 0) is 12.8 Å². The molecule has 1 heterocycles. The van der Waals surface area contributed by atoms with Gasteiger partial charge in [0, 0.05) is 23.3 Å². The Morgan fingerprint density at radius 2 is 2.21 bits per heavy atom. The molecule has 2 aromatic rings. The van der Waals surface area contributed by atoms with Gasteiger partial charge in [0.1, 0.15) is 11.3 Å². The van der Waals surface area contributed by atoms with Crippen molar-refractivity contribution < 1.29 is 4.74 Å². The molecule has 3 nitrogen and oxygen atoms in total. The number of hydrogen-bond donors (Lipinski definition) is 1. The number of nitrogens with zero attached hydrogens (tertiary/aromatic N) is 1. The minimum Gasteiger partial charge on any atom is -0.494 e. The lowest BCUT2D eigenvalue weighted by molar-refractivity contribution is 0.419. The van der Waals surface area contributed by atoms with Gasteiger partial charge in [-0.2, -0.15) is 0 Å². The highest BCUT2D eigenvalue weighted by Gasteiger charge is 2.20. The Morgan fingerprint density at radius 3 is 3.00 bits per heavy atom. The molecule has 3 heteroatoms. The molecule has 0 spiro atoms. The summed E-state index contributed by atoms with van der Waals surface area (Å²) in [6, 6.07) is 6.17. The number of hydrogen-bond acceptors (Lipinski definition) is 3. The van der Waals surface area contributed by atoms with Gasteiger partial charge in [0.25, 0.3) is 0 Å². The number of para-hydroxylation sites is 1. The molecule has 0 bridgehead atoms. The number of benzene rings is 1. The van der Waals surface area contributed by atoms with Crippen molar-refractivity contribution in [3.05, 3.63) is 29.5 Å². The Labute approximate surface area is 114 Å². The van der Waals surface area contributed by atoms with E-state index in [-0.39, 0.29) is 0 Å². The lowest BCUT2D eigenvalue weighted by atomic mass is 10.1. The van der Waals surface area contributed by atoms with Crippen LogP contribution in [0.3, 0.4) is 0 Å². The number of methoxy groups -OCH3 is 1. The normalized spacial score (nSPS) is 13.6. The fourth-order valence-corrected chi connectivity index (χ4v) is 2.87. The van der Waals surface area contributed by atoms with E-state index < -0.39 is 0 Å². The van der Waals surface area contributed by atoms with E-state index in [4.69, 9.17) is 9.72 Å². The molecular weight excluding hydrogens is 236 g/mol. The number of aromatic nitrogens is 1. The van der Waals surface area contributed by atoms with Crippen LogP contribution in [0.2, 0.25) is 0 Å². The van der Waals surface area contributed by atoms with Gasteiger partial charge < -0.3 is 10.1 Å². The second kappa shape index (κ2) is 5.08. The first-order valence-corrected chi connectivity index (χ1v) is 7.07. The molecule has 0 amide bonds. The van der Waals surface area contributed by atoms with Crippen LogP contribution in [0.4, 0.5) is 5.69 Å². The fraction of sp³-hybridized carbons (Fsp3) is 0.438. The third-order valence-corrected chi connectivity index (χ3v) is 3.78. The van der Waals surface area contributed by atoms with Crippen LogP contribution >= 0.6 is 0 Å². The number of nitrogens with one attached hydrogen (secondary N) is 1. The quantitative estimate of drug-likeness (QED) is 0.908. The Hall–Kier alpha value is -1.77. The minimum absolute atomic E-state index is 0.867. The van der Waals surface area contributed by atoms with Crippen LogP contribution < -0.4 is 10.1 Å². The fourth-order valence-electron chi connectivity index (χ4n) is 2.87. The third kappa shape index (κ3) is 2.03. The zero-order valence-electron chi connectivity index (χ0n) is 11.6. The Bertz CT molecular complexity index is 607. The summed E-state index contributed by atoms with van der Waals surface area (Å²) in [6.07, 6.45) is 4.57. The molecule has 0 saturated carbocycles. The van der Waals surface area contributed by atoms with Crippen LogP contribution in [0.5, 0.6) is 5.75 Å². The molecule has 1 aromatic carbocycles. The lowest BCUT2D eigenvalue weighted by Gasteiger charge is -2.15. The summed E-state index contributed by atoms with van der Waals surface area (Å²) < 4.78 is 5.46. The van der Waals surface area contributed by atoms with Gasteiger partial charge in [-0.15, -0.1) is 0 Å². The van der Waals surface area contributed by atoms with Crippen molar-refractivity contribution in [1.82, 2.24) is 4.98 Å². The van der Waals surface area contributed by atoms with E-state index in [0.29, 0.717) is 0 Å². The maximum absolute atomic E-state index is 5.46. The molecule has 0 unspecified atom stereocenters. The number of fused-ring (bicyclic) bond motifs is 2. The second-order valence-electron chi connectivity index (χ2n) is 5.05. The maximum atomic E-state index is 5.46. The average molecular weight is 256 g/mol. The predicted molar refractivity (Wildman–Crippen MR) is 79.1 cm³/mol. The Balaban J connectivity index is 2.24. The molecule has 1 aromatic heterocycles. The summed E-state index contributed by atoms with van der Waals surface area (Å²) in [5.74, 6) is 0.867. The van der Waals surface area contributed by atoms with Crippen molar-refractivity contribution in [3.63, 3.8) is 0 Å². The SMILES string of the molecule is CCCNc1c2c(nc3c(OC)cccc13)CCC2. The summed E-state index contributed by atoms with van der Waals surface area (Å²) in [5, 5.41) is 4.78. The Morgan fingerprint density at radius 1 is 1.32 bits per heavy atom. The number of ether oxygens (including phenoxy) is 1. The van der Waals surface area contributed by atoms with Gasteiger partial charge >= 0.3 is 0 Å². The number of pyridine rings is 1. The topological polar surface area (TPSA) is 34.2 Å². The van der Waals surface area contributed by atoms with Gasteiger partial charge in [0.2, 0.25) is 0 Å². The van der Waals surface area contributed by atoms with Gasteiger partial charge in [-0.05, 0) is 37.3 Å². The van der Waals surface area contributed by atoms with E-state index in [1.165, 1.54) is 28.8 Å². The highest BCUT2D eigenvalue weighted by Crippen LogP contribution is 2.37. The molecule has 0 saturated heterocycles. The van der Waals surface area contributed by atoms with Crippen molar-refractivity contribution in [1.29, 1.82) is 0 Å². The van der Waals surface area contributed by atoms with E-state index in [9.17, 15) is 0 Å². The van der Waals surface area contributed by atoms with Crippen molar-refractivity contribution in [2.45, 2.75) is 32.6 Å². The minimum atomic E-state index is 0.867. The molecule has 19 heavy (non-hydrogen) atoms. The van der Waals surface area contributed by atoms with Gasteiger partial charge in [-0.1, -0.05) is 19.1 Å². The van der Waals surface area contributed by atoms with Crippen molar-refractivity contribution in [2.75, 3.05) is 19.0 Å². The first kappa shape index (κ1) is 12.3. The largest absolute Gasteiger partial charge is 0.494 e. The molecule has 3 rings (SSSR count). The number of rotatable bonds is 4. The van der Waals surface area contributed by atoms with E-state index in [2.05, 4.69) is 18.3 Å². The highest BCUT2D eigenvalue weighted by atomic mass is 16.5. The zero-order chi connectivity index (χ0) is 13.2. The van der Waals surface area contributed by atoms with Gasteiger partial charge in [0.15, 0.2) is 0 Å². The highest BCUT2D eigenvalue weighted by molar-refractivity contribution is 5.97. The monoisotopic (exact) mass is 256 g/mol. The van der Waals surface area contributed by atoms with Gasteiger partial charge in [-0.25, -0.2) is 4.98 Å². The van der Waals surface area contributed by atoms with Crippen LogP contribution in [0.25, 0.3) is 10.9 Å². The van der Waals surface area contributed by atoms with E-state index in [0.717, 1.165) is 37.1 Å². The Kier molecular flexibility index (Phi) is 3.28. The van der Waals surface area contributed by atoms with Gasteiger partial charge in [-0.3, -0.25) is 0 Å². The van der Waals surface area contributed by atoms with E-state index in [1.807, 2.05) is 12.1 Å². The molecule has 100 valence electrons. The molecular formula is C16H20N2O. The second-order valence-corrected chi connectivity index (χ2v) is 5.05. The molecule has 0 aliphatic heterocycles. The number of anilines is 1. The molecule has 0 atom stereocenters. The first-order chi connectivity index (χ1) is 9.35. The lowest BCUT2D eigenvalue weighted by Crippen LogP contribution is -2.05. The molecule has 0 radical (unpaired) electrons. The summed E-state index contributed by atoms with van der Waals surface area (Å²) in [6.45, 7) is 3.19. The van der Waals surface area contributed by atoms with E-state index >= 15 is 0 Å². The summed E-state index contributed by atoms with van der Waals surface area (Å²) in [5.41, 5.74) is 4.92. The zero-order valence-corrected chi connectivity index (χ0v) is 11.6. The molecule has 0 fully saturated rings. The molecule has 1 N–H and O–H groups in total. The van der Waals surface area contributed by atoms with Crippen LogP contribution in [0, 0.1) is 0 Å². The van der Waals surface area contributed by atoms with Crippen LogP contribution in [-0.4, -0.2) is 18.6 Å². The van der Waals surface area contributed by atoms with Crippen LogP contribution in [0.15, 0.2) is 18.2 Å². The predicted octanol–water partition coefficient (Wildman–Crippen LogP) is 3.55. The van der Waals surface area contributed by atoms with Crippen molar-refractivity contribution in [2.24, 2.45) is 0 Å².